The number of halogens is 3. The monoisotopic (exact) mass is 384 g/mol. The normalized spacial score (nSPS) is 11.9. The van der Waals surface area contributed by atoms with E-state index in [9.17, 15) is 28.5 Å². The minimum absolute atomic E-state index is 0.119. The van der Waals surface area contributed by atoms with Crippen LogP contribution in [0.1, 0.15) is 16.9 Å². The van der Waals surface area contributed by atoms with Crippen molar-refractivity contribution in [2.75, 3.05) is 0 Å². The molecule has 0 aliphatic carbocycles. The number of hydrogen-bond donors (Lipinski definition) is 0. The van der Waals surface area contributed by atoms with Crippen molar-refractivity contribution in [1.82, 2.24) is 0 Å². The summed E-state index contributed by atoms with van der Waals surface area (Å²) in [4.78, 5) is 10.3. The summed E-state index contributed by atoms with van der Waals surface area (Å²) in [6.07, 6.45) is -3.10. The van der Waals surface area contributed by atoms with E-state index in [1.165, 1.54) is 48.5 Å². The van der Waals surface area contributed by atoms with Crippen molar-refractivity contribution in [1.29, 1.82) is 5.26 Å². The van der Waals surface area contributed by atoms with Crippen LogP contribution in [0.5, 0.6) is 0 Å². The first-order chi connectivity index (χ1) is 13.3. The third-order valence-electron chi connectivity index (χ3n) is 3.88. The van der Waals surface area contributed by atoms with Crippen LogP contribution in [0.2, 0.25) is 0 Å². The number of nitriles is 1. The van der Waals surface area contributed by atoms with Gasteiger partial charge in [-0.3, -0.25) is 10.1 Å². The van der Waals surface area contributed by atoms with Crippen LogP contribution in [0.3, 0.4) is 0 Å². The molecule has 140 valence electrons. The Morgan fingerprint density at radius 3 is 2.54 bits per heavy atom. The minimum Gasteiger partial charge on any atom is -0.457 e. The fourth-order valence-corrected chi connectivity index (χ4v) is 2.54. The number of nitro benzene ring substituents is 1. The van der Waals surface area contributed by atoms with Gasteiger partial charge in [-0.25, -0.2) is 0 Å². The van der Waals surface area contributed by atoms with Crippen LogP contribution in [-0.4, -0.2) is 4.92 Å². The first-order valence-corrected chi connectivity index (χ1v) is 7.92. The molecule has 3 rings (SSSR count). The zero-order valence-corrected chi connectivity index (χ0v) is 14.1. The van der Waals surface area contributed by atoms with Crippen LogP contribution in [0, 0.1) is 21.4 Å². The Bertz CT molecular complexity index is 1110. The predicted octanol–water partition coefficient (Wildman–Crippen LogP) is 5.94. The van der Waals surface area contributed by atoms with E-state index in [0.717, 1.165) is 12.1 Å². The average molecular weight is 384 g/mol. The van der Waals surface area contributed by atoms with Crippen molar-refractivity contribution in [2.45, 2.75) is 6.18 Å². The third-order valence-corrected chi connectivity index (χ3v) is 3.88. The second-order valence-corrected chi connectivity index (χ2v) is 5.76. The number of allylic oxidation sites excluding steroid dienone is 1. The van der Waals surface area contributed by atoms with E-state index >= 15 is 0 Å². The van der Waals surface area contributed by atoms with Gasteiger partial charge in [0.15, 0.2) is 0 Å². The van der Waals surface area contributed by atoms with Gasteiger partial charge in [0, 0.05) is 17.7 Å². The van der Waals surface area contributed by atoms with E-state index in [2.05, 4.69) is 0 Å². The summed E-state index contributed by atoms with van der Waals surface area (Å²) < 4.78 is 44.1. The van der Waals surface area contributed by atoms with E-state index in [1.54, 1.807) is 6.07 Å². The highest BCUT2D eigenvalue weighted by Crippen LogP contribution is 2.33. The van der Waals surface area contributed by atoms with Crippen LogP contribution in [0.4, 0.5) is 18.9 Å². The molecule has 0 fully saturated rings. The van der Waals surface area contributed by atoms with Gasteiger partial charge in [-0.1, -0.05) is 24.3 Å². The summed E-state index contributed by atoms with van der Waals surface area (Å²) in [6.45, 7) is 0. The Hall–Kier alpha value is -3.86. The van der Waals surface area contributed by atoms with Crippen molar-refractivity contribution in [3.05, 3.63) is 87.7 Å². The molecule has 0 radical (unpaired) electrons. The van der Waals surface area contributed by atoms with Crippen LogP contribution in [0.25, 0.3) is 23.0 Å². The maximum atomic E-state index is 12.9. The van der Waals surface area contributed by atoms with Crippen LogP contribution < -0.4 is 0 Å². The molecular formula is C20H11F3N2O3. The van der Waals surface area contributed by atoms with Gasteiger partial charge in [0.25, 0.3) is 5.69 Å². The van der Waals surface area contributed by atoms with Crippen molar-refractivity contribution in [2.24, 2.45) is 0 Å². The van der Waals surface area contributed by atoms with Gasteiger partial charge < -0.3 is 4.42 Å². The van der Waals surface area contributed by atoms with E-state index in [4.69, 9.17) is 4.42 Å². The molecule has 3 aromatic rings. The Kier molecular flexibility index (Phi) is 5.00. The zero-order valence-electron chi connectivity index (χ0n) is 14.1. The largest absolute Gasteiger partial charge is 0.457 e. The SMILES string of the molecule is N#C/C(=C\c1ccc(-c2cccc(C(F)(F)F)c2)o1)c1cccc([N+](=O)[O-])c1. The van der Waals surface area contributed by atoms with Crippen molar-refractivity contribution >= 4 is 17.3 Å². The molecule has 28 heavy (non-hydrogen) atoms. The molecule has 0 bridgehead atoms. The van der Waals surface area contributed by atoms with Crippen molar-refractivity contribution in [3.63, 3.8) is 0 Å². The lowest BCUT2D eigenvalue weighted by atomic mass is 10.1. The second-order valence-electron chi connectivity index (χ2n) is 5.76. The zero-order chi connectivity index (χ0) is 20.3. The number of alkyl halides is 3. The highest BCUT2D eigenvalue weighted by molar-refractivity contribution is 5.89. The highest BCUT2D eigenvalue weighted by atomic mass is 19.4. The number of nitro groups is 1. The van der Waals surface area contributed by atoms with Crippen molar-refractivity contribution < 1.29 is 22.5 Å². The third kappa shape index (κ3) is 4.10. The molecule has 0 aliphatic heterocycles. The molecule has 0 atom stereocenters. The Morgan fingerprint density at radius 2 is 1.86 bits per heavy atom. The summed E-state index contributed by atoms with van der Waals surface area (Å²) in [5.41, 5.74) is -0.277. The van der Waals surface area contributed by atoms with Gasteiger partial charge in [0.05, 0.1) is 22.1 Å². The van der Waals surface area contributed by atoms with E-state index < -0.39 is 16.7 Å². The van der Waals surface area contributed by atoms with Crippen LogP contribution in [-0.2, 0) is 6.18 Å². The standard InChI is InChI=1S/C20H11F3N2O3/c21-20(22,23)16-5-1-4-14(9-16)19-8-7-18(28-19)11-15(12-24)13-3-2-6-17(10-13)25(26)27/h1-11H/b15-11+. The smallest absolute Gasteiger partial charge is 0.416 e. The molecule has 1 heterocycles. The maximum absolute atomic E-state index is 12.9. The quantitative estimate of drug-likeness (QED) is 0.317. The molecule has 0 saturated heterocycles. The Morgan fingerprint density at radius 1 is 1.11 bits per heavy atom. The first-order valence-electron chi connectivity index (χ1n) is 7.92. The summed E-state index contributed by atoms with van der Waals surface area (Å²) in [7, 11) is 0. The molecule has 0 saturated carbocycles. The minimum atomic E-state index is -4.47. The van der Waals surface area contributed by atoms with Gasteiger partial charge in [-0.05, 0) is 35.9 Å². The number of nitrogens with zero attached hydrogens (tertiary/aromatic N) is 2. The molecule has 0 N–H and O–H groups in total. The number of non-ortho nitro benzene ring substituents is 1. The summed E-state index contributed by atoms with van der Waals surface area (Å²) in [5.74, 6) is 0.434. The molecule has 5 nitrogen and oxygen atoms in total. The van der Waals surface area contributed by atoms with E-state index in [0.29, 0.717) is 5.56 Å². The summed E-state index contributed by atoms with van der Waals surface area (Å²) in [6, 6.07) is 15.2. The molecule has 0 aliphatic rings. The molecular weight excluding hydrogens is 373 g/mol. The summed E-state index contributed by atoms with van der Waals surface area (Å²) >= 11 is 0. The van der Waals surface area contributed by atoms with Crippen LogP contribution >= 0.6 is 0 Å². The van der Waals surface area contributed by atoms with Gasteiger partial charge >= 0.3 is 6.18 Å². The van der Waals surface area contributed by atoms with E-state index in [-0.39, 0.29) is 28.3 Å². The average Bonchev–Trinajstić information content (AvgIpc) is 3.14. The number of rotatable bonds is 4. The molecule has 8 heteroatoms. The lowest BCUT2D eigenvalue weighted by molar-refractivity contribution is -0.384. The highest BCUT2D eigenvalue weighted by Gasteiger charge is 2.30. The van der Waals surface area contributed by atoms with Crippen LogP contribution in [0.15, 0.2) is 65.1 Å². The van der Waals surface area contributed by atoms with Crippen molar-refractivity contribution in [3.8, 4) is 17.4 Å². The summed E-state index contributed by atoms with van der Waals surface area (Å²) in [5, 5.41) is 20.3. The van der Waals surface area contributed by atoms with Gasteiger partial charge in [-0.15, -0.1) is 0 Å². The first kappa shape index (κ1) is 18.9. The molecule has 2 aromatic carbocycles. The molecule has 0 amide bonds. The van der Waals surface area contributed by atoms with Gasteiger partial charge in [0.1, 0.15) is 11.5 Å². The Balaban J connectivity index is 1.94. The fraction of sp³-hybridized carbons (Fsp3) is 0.0500. The molecule has 1 aromatic heterocycles. The predicted molar refractivity (Wildman–Crippen MR) is 95.7 cm³/mol. The lowest BCUT2D eigenvalue weighted by Crippen LogP contribution is -2.04. The number of hydrogen-bond acceptors (Lipinski definition) is 4. The second kappa shape index (κ2) is 7.40. The van der Waals surface area contributed by atoms with Gasteiger partial charge in [-0.2, -0.15) is 18.4 Å². The topological polar surface area (TPSA) is 80.1 Å². The maximum Gasteiger partial charge on any atom is 0.416 e. The fourth-order valence-electron chi connectivity index (χ4n) is 2.54. The van der Waals surface area contributed by atoms with Gasteiger partial charge in [0.2, 0.25) is 0 Å². The molecule has 0 spiro atoms. The Labute approximate surface area is 157 Å². The van der Waals surface area contributed by atoms with E-state index in [1.807, 2.05) is 6.07 Å². The molecule has 0 unspecified atom stereocenters. The number of furan rings is 1. The lowest BCUT2D eigenvalue weighted by Gasteiger charge is -2.07. The number of benzene rings is 2.